The number of aliphatic hydroxyl groups excluding tert-OH is 1. The van der Waals surface area contributed by atoms with Crippen LogP contribution in [0.15, 0.2) is 36.4 Å². The van der Waals surface area contributed by atoms with Crippen LogP contribution in [0.3, 0.4) is 0 Å². The van der Waals surface area contributed by atoms with Gasteiger partial charge in [0.1, 0.15) is 0 Å². The fourth-order valence-electron chi connectivity index (χ4n) is 3.37. The fourth-order valence-corrected chi connectivity index (χ4v) is 4.50. The molecule has 4 aromatic rings. The first kappa shape index (κ1) is 29.1. The molecule has 35 heavy (non-hydrogen) atoms. The molecule has 0 atom stereocenters. The summed E-state index contributed by atoms with van der Waals surface area (Å²) in [7, 11) is 1.90. The third-order valence-electron chi connectivity index (χ3n) is 4.93. The molecule has 4 N–H and O–H groups in total. The van der Waals surface area contributed by atoms with Crippen LogP contribution in [0.1, 0.15) is 10.4 Å². The number of carbonyl (C=O) groups excluding carboxylic acids is 1. The molecular formula is C22H27Cl3N6O3S. The summed E-state index contributed by atoms with van der Waals surface area (Å²) in [6, 6.07) is 11.1. The molecule has 0 spiro atoms. The van der Waals surface area contributed by atoms with Crippen LogP contribution < -0.4 is 16.0 Å². The molecule has 0 aliphatic heterocycles. The van der Waals surface area contributed by atoms with E-state index in [9.17, 15) is 4.79 Å². The van der Waals surface area contributed by atoms with Gasteiger partial charge in [-0.25, -0.2) is 9.97 Å². The van der Waals surface area contributed by atoms with Crippen LogP contribution >= 0.6 is 47.8 Å². The van der Waals surface area contributed by atoms with Gasteiger partial charge in [-0.3, -0.25) is 4.79 Å². The predicted molar refractivity (Wildman–Crippen MR) is 146 cm³/mol. The van der Waals surface area contributed by atoms with Gasteiger partial charge in [-0.15, -0.1) is 24.8 Å². The second-order valence-electron chi connectivity index (χ2n) is 7.24. The first-order valence-corrected chi connectivity index (χ1v) is 11.7. The lowest BCUT2D eigenvalue weighted by Crippen LogP contribution is -2.27. The Morgan fingerprint density at radius 2 is 1.94 bits per heavy atom. The molecule has 0 fully saturated rings. The van der Waals surface area contributed by atoms with E-state index in [0.29, 0.717) is 46.9 Å². The van der Waals surface area contributed by atoms with Crippen molar-refractivity contribution >= 4 is 86.0 Å². The van der Waals surface area contributed by atoms with E-state index in [1.807, 2.05) is 31.3 Å². The Labute approximate surface area is 224 Å². The highest BCUT2D eigenvalue weighted by Gasteiger charge is 2.15. The Kier molecular flexibility index (Phi) is 11.4. The van der Waals surface area contributed by atoms with E-state index in [2.05, 4.69) is 25.5 Å². The molecule has 0 bridgehead atoms. The molecule has 0 radical (unpaired) electrons. The lowest BCUT2D eigenvalue weighted by Gasteiger charge is -2.09. The maximum atomic E-state index is 12.5. The van der Waals surface area contributed by atoms with Crippen LogP contribution in [0.25, 0.3) is 21.3 Å². The number of rotatable bonds is 11. The summed E-state index contributed by atoms with van der Waals surface area (Å²) in [4.78, 5) is 21.9. The number of anilines is 2. The summed E-state index contributed by atoms with van der Waals surface area (Å²) in [5.74, 6) is 0.451. The molecule has 0 saturated heterocycles. The summed E-state index contributed by atoms with van der Waals surface area (Å²) in [6.45, 7) is 2.37. The van der Waals surface area contributed by atoms with E-state index in [4.69, 9.17) is 26.4 Å². The highest BCUT2D eigenvalue weighted by atomic mass is 35.5. The van der Waals surface area contributed by atoms with Crippen molar-refractivity contribution in [3.8, 4) is 0 Å². The first-order valence-electron chi connectivity index (χ1n) is 10.5. The van der Waals surface area contributed by atoms with Gasteiger partial charge in [0.05, 0.1) is 41.1 Å². The molecule has 0 aliphatic carbocycles. The Morgan fingerprint density at radius 1 is 1.11 bits per heavy atom. The average Bonchev–Trinajstić information content (AvgIpc) is 3.36. The number of hydrogen-bond acceptors (Lipinski definition) is 8. The van der Waals surface area contributed by atoms with Crippen LogP contribution in [0.4, 0.5) is 11.1 Å². The molecule has 0 unspecified atom stereocenters. The normalized spacial score (nSPS) is 10.7. The predicted octanol–water partition coefficient (Wildman–Crippen LogP) is 3.84. The van der Waals surface area contributed by atoms with Crippen molar-refractivity contribution in [2.45, 2.75) is 6.54 Å². The molecule has 1 amide bonds. The van der Waals surface area contributed by atoms with E-state index >= 15 is 0 Å². The van der Waals surface area contributed by atoms with E-state index in [1.165, 1.54) is 11.3 Å². The molecule has 2 aromatic heterocycles. The van der Waals surface area contributed by atoms with Gasteiger partial charge in [0.2, 0.25) is 5.95 Å². The summed E-state index contributed by atoms with van der Waals surface area (Å²) in [5, 5.41) is 19.4. The summed E-state index contributed by atoms with van der Waals surface area (Å²) in [6.07, 6.45) is 0. The molecule has 0 aliphatic rings. The molecule has 13 heteroatoms. The number of benzene rings is 2. The SMILES string of the molecule is CNCCn1c(Nc2nc3ccc(Cl)cc3s2)nc2cc(C(=O)NCCOCCO)ccc21.Cl.Cl. The third-order valence-corrected chi connectivity index (χ3v) is 6.10. The van der Waals surface area contributed by atoms with Crippen molar-refractivity contribution in [2.24, 2.45) is 0 Å². The van der Waals surface area contributed by atoms with Gasteiger partial charge >= 0.3 is 0 Å². The quantitative estimate of drug-likeness (QED) is 0.206. The number of nitrogens with one attached hydrogen (secondary N) is 3. The zero-order valence-electron chi connectivity index (χ0n) is 18.9. The monoisotopic (exact) mass is 560 g/mol. The number of aliphatic hydroxyl groups is 1. The van der Waals surface area contributed by atoms with Crippen molar-refractivity contribution in [2.75, 3.05) is 45.3 Å². The molecule has 2 heterocycles. The third kappa shape index (κ3) is 7.17. The van der Waals surface area contributed by atoms with Crippen molar-refractivity contribution in [1.82, 2.24) is 25.2 Å². The number of imidazole rings is 1. The van der Waals surface area contributed by atoms with Gasteiger partial charge in [-0.1, -0.05) is 22.9 Å². The van der Waals surface area contributed by atoms with E-state index < -0.39 is 0 Å². The fraction of sp³-hybridized carbons (Fsp3) is 0.318. The summed E-state index contributed by atoms with van der Waals surface area (Å²) < 4.78 is 8.23. The van der Waals surface area contributed by atoms with Crippen LogP contribution in [-0.4, -0.2) is 65.5 Å². The number of aromatic nitrogens is 3. The minimum atomic E-state index is -0.202. The van der Waals surface area contributed by atoms with Crippen LogP contribution in [0, 0.1) is 0 Å². The largest absolute Gasteiger partial charge is 0.394 e. The Balaban J connectivity index is 0.00000216. The van der Waals surface area contributed by atoms with E-state index in [1.54, 1.807) is 12.1 Å². The number of carbonyl (C=O) groups is 1. The average molecular weight is 562 g/mol. The van der Waals surface area contributed by atoms with Gasteiger partial charge in [0.25, 0.3) is 5.91 Å². The number of hydrogen-bond donors (Lipinski definition) is 4. The summed E-state index contributed by atoms with van der Waals surface area (Å²) in [5.41, 5.74) is 3.01. The molecule has 2 aromatic carbocycles. The molecule has 0 saturated carbocycles. The van der Waals surface area contributed by atoms with Crippen molar-refractivity contribution in [3.63, 3.8) is 0 Å². The molecule has 190 valence electrons. The van der Waals surface area contributed by atoms with Crippen molar-refractivity contribution < 1.29 is 14.6 Å². The topological polar surface area (TPSA) is 113 Å². The van der Waals surface area contributed by atoms with Crippen LogP contribution in [-0.2, 0) is 11.3 Å². The molecular weight excluding hydrogens is 535 g/mol. The molecule has 9 nitrogen and oxygen atoms in total. The van der Waals surface area contributed by atoms with E-state index in [0.717, 1.165) is 22.3 Å². The Bertz CT molecular complexity index is 1270. The lowest BCUT2D eigenvalue weighted by atomic mass is 10.2. The van der Waals surface area contributed by atoms with Gasteiger partial charge in [-0.2, -0.15) is 0 Å². The maximum Gasteiger partial charge on any atom is 0.251 e. The minimum Gasteiger partial charge on any atom is -0.394 e. The maximum absolute atomic E-state index is 12.5. The van der Waals surface area contributed by atoms with Crippen molar-refractivity contribution in [3.05, 3.63) is 47.0 Å². The lowest BCUT2D eigenvalue weighted by molar-refractivity contribution is 0.0838. The first-order chi connectivity index (χ1) is 16.1. The summed E-state index contributed by atoms with van der Waals surface area (Å²) >= 11 is 7.61. The number of amides is 1. The second kappa shape index (κ2) is 13.8. The number of thiazole rings is 1. The van der Waals surface area contributed by atoms with Gasteiger partial charge < -0.3 is 30.4 Å². The van der Waals surface area contributed by atoms with Gasteiger partial charge in [-0.05, 0) is 43.4 Å². The zero-order chi connectivity index (χ0) is 23.2. The highest BCUT2D eigenvalue weighted by molar-refractivity contribution is 7.22. The number of likely N-dealkylation sites (N-methyl/N-ethyl adjacent to an activating group) is 1. The van der Waals surface area contributed by atoms with Gasteiger partial charge in [0.15, 0.2) is 5.13 Å². The Morgan fingerprint density at radius 3 is 2.71 bits per heavy atom. The minimum absolute atomic E-state index is 0. The zero-order valence-corrected chi connectivity index (χ0v) is 22.1. The van der Waals surface area contributed by atoms with Gasteiger partial charge in [0, 0.05) is 30.2 Å². The van der Waals surface area contributed by atoms with E-state index in [-0.39, 0.29) is 43.9 Å². The number of nitrogens with zero attached hydrogens (tertiary/aromatic N) is 3. The van der Waals surface area contributed by atoms with Crippen LogP contribution in [0.5, 0.6) is 0 Å². The number of fused-ring (bicyclic) bond motifs is 2. The molecule has 4 rings (SSSR count). The number of ether oxygens (including phenoxy) is 1. The standard InChI is InChI=1S/C22H25ClN6O3S.2ClH/c1-24-6-8-29-18-5-2-14(20(31)25-7-10-32-11-9-30)12-17(18)26-21(29)28-22-27-16-4-3-15(23)13-19(16)33-22;;/h2-5,12-13,24,30H,6-11H2,1H3,(H,25,31)(H,26,27,28);2*1H. The Hall–Kier alpha value is -2.18. The smallest absolute Gasteiger partial charge is 0.251 e. The highest BCUT2D eigenvalue weighted by Crippen LogP contribution is 2.31. The second-order valence-corrected chi connectivity index (χ2v) is 8.71. The van der Waals surface area contributed by atoms with Crippen molar-refractivity contribution in [1.29, 1.82) is 0 Å². The van der Waals surface area contributed by atoms with Crippen LogP contribution in [0.2, 0.25) is 5.02 Å². The number of halogens is 3.